The summed E-state index contributed by atoms with van der Waals surface area (Å²) in [7, 11) is -3.78. The number of ether oxygens (including phenoxy) is 1. The standard InChI is InChI=1S/C36H45N5O5S/c1-5-23-45-30-19-11-26(12-20-30)33-39-34(46-40-33)32(24-25-9-7-6-8-10-25)38-35(42)37-28-15-17-29(18-16-28)41-47(43,44)31-21-13-27(14-22-31)36(2,3)4/h11-22,25,32,41H,5-10,23-24H2,1-4H3,(H2,37,38,42)/t32-/m0/s1. The zero-order valence-corrected chi connectivity index (χ0v) is 28.4. The normalized spacial score (nSPS) is 14.7. The molecule has 1 aliphatic rings. The van der Waals surface area contributed by atoms with Crippen molar-refractivity contribution in [2.75, 3.05) is 16.6 Å². The van der Waals surface area contributed by atoms with E-state index in [2.05, 4.69) is 53.2 Å². The number of nitrogens with zero attached hydrogens (tertiary/aromatic N) is 2. The van der Waals surface area contributed by atoms with Crippen molar-refractivity contribution in [2.24, 2.45) is 5.92 Å². The summed E-state index contributed by atoms with van der Waals surface area (Å²) in [5, 5.41) is 10.1. The van der Waals surface area contributed by atoms with E-state index in [9.17, 15) is 13.2 Å². The molecule has 0 radical (unpaired) electrons. The summed E-state index contributed by atoms with van der Waals surface area (Å²) in [4.78, 5) is 18.0. The number of sulfonamides is 1. The van der Waals surface area contributed by atoms with Crippen molar-refractivity contribution < 1.29 is 22.5 Å². The lowest BCUT2D eigenvalue weighted by Gasteiger charge is -2.25. The van der Waals surface area contributed by atoms with E-state index >= 15 is 0 Å². The fraction of sp³-hybridized carbons (Fsp3) is 0.417. The van der Waals surface area contributed by atoms with Crippen LogP contribution in [0.2, 0.25) is 0 Å². The molecular weight excluding hydrogens is 614 g/mol. The Kier molecular flexibility index (Phi) is 10.9. The van der Waals surface area contributed by atoms with E-state index in [0.29, 0.717) is 42.0 Å². The zero-order valence-electron chi connectivity index (χ0n) is 27.6. The lowest BCUT2D eigenvalue weighted by atomic mass is 9.85. The van der Waals surface area contributed by atoms with Gasteiger partial charge in [0.25, 0.3) is 10.0 Å². The van der Waals surface area contributed by atoms with Crippen LogP contribution in [0.15, 0.2) is 82.2 Å². The van der Waals surface area contributed by atoms with Crippen LogP contribution in [-0.2, 0) is 15.4 Å². The second-order valence-corrected chi connectivity index (χ2v) is 14.9. The summed E-state index contributed by atoms with van der Waals surface area (Å²) in [5.41, 5.74) is 2.66. The Morgan fingerprint density at radius 2 is 1.60 bits per heavy atom. The Morgan fingerprint density at radius 1 is 0.936 bits per heavy atom. The fourth-order valence-electron chi connectivity index (χ4n) is 5.69. The number of benzene rings is 3. The molecule has 4 aromatic rings. The lowest BCUT2D eigenvalue weighted by Crippen LogP contribution is -2.34. The summed E-state index contributed by atoms with van der Waals surface area (Å²) >= 11 is 0. The summed E-state index contributed by atoms with van der Waals surface area (Å²) in [6.45, 7) is 8.94. The number of nitrogens with one attached hydrogen (secondary N) is 3. The van der Waals surface area contributed by atoms with E-state index in [1.165, 1.54) is 19.3 Å². The summed E-state index contributed by atoms with van der Waals surface area (Å²) in [6.07, 6.45) is 7.38. The van der Waals surface area contributed by atoms with Gasteiger partial charge in [0, 0.05) is 16.9 Å². The first-order valence-electron chi connectivity index (χ1n) is 16.4. The monoisotopic (exact) mass is 659 g/mol. The van der Waals surface area contributed by atoms with Gasteiger partial charge in [0.15, 0.2) is 0 Å². The molecule has 250 valence electrons. The van der Waals surface area contributed by atoms with E-state index in [1.807, 2.05) is 36.4 Å². The average Bonchev–Trinajstić information content (AvgIpc) is 3.55. The molecule has 1 saturated carbocycles. The van der Waals surface area contributed by atoms with Gasteiger partial charge in [-0.2, -0.15) is 4.98 Å². The molecule has 11 heteroatoms. The third kappa shape index (κ3) is 9.34. The maximum absolute atomic E-state index is 13.2. The number of anilines is 2. The molecule has 1 heterocycles. The van der Waals surface area contributed by atoms with Gasteiger partial charge in [-0.3, -0.25) is 4.72 Å². The first-order chi connectivity index (χ1) is 22.5. The van der Waals surface area contributed by atoms with Crippen LogP contribution >= 0.6 is 0 Å². The second kappa shape index (κ2) is 15.0. The largest absolute Gasteiger partial charge is 0.494 e. The highest BCUT2D eigenvalue weighted by molar-refractivity contribution is 7.92. The Balaban J connectivity index is 1.23. The van der Waals surface area contributed by atoms with Crippen LogP contribution in [0.5, 0.6) is 5.75 Å². The van der Waals surface area contributed by atoms with Crippen LogP contribution in [0.3, 0.4) is 0 Å². The quantitative estimate of drug-likeness (QED) is 0.139. The van der Waals surface area contributed by atoms with Gasteiger partial charge in [-0.05, 0) is 90.4 Å². The number of carbonyl (C=O) groups is 1. The summed E-state index contributed by atoms with van der Waals surface area (Å²) in [6, 6.07) is 20.1. The molecule has 0 spiro atoms. The summed E-state index contributed by atoms with van der Waals surface area (Å²) < 4.78 is 39.9. The minimum Gasteiger partial charge on any atom is -0.494 e. The maximum Gasteiger partial charge on any atom is 0.319 e. The van der Waals surface area contributed by atoms with Crippen molar-refractivity contribution in [1.29, 1.82) is 0 Å². The van der Waals surface area contributed by atoms with Crippen LogP contribution in [0.4, 0.5) is 16.2 Å². The minimum absolute atomic E-state index is 0.0777. The highest BCUT2D eigenvalue weighted by Gasteiger charge is 2.27. The number of hydrogen-bond acceptors (Lipinski definition) is 7. The lowest BCUT2D eigenvalue weighted by molar-refractivity contribution is 0.231. The van der Waals surface area contributed by atoms with Crippen LogP contribution in [0.1, 0.15) is 90.1 Å². The first-order valence-corrected chi connectivity index (χ1v) is 17.9. The third-order valence-corrected chi connectivity index (χ3v) is 9.75. The molecule has 1 atom stereocenters. The predicted molar refractivity (Wildman–Crippen MR) is 184 cm³/mol. The number of carbonyl (C=O) groups excluding carboxylic acids is 1. The van der Waals surface area contributed by atoms with Crippen molar-refractivity contribution in [3.05, 3.63) is 84.3 Å². The Labute approximate surface area is 277 Å². The molecule has 1 aliphatic carbocycles. The van der Waals surface area contributed by atoms with Crippen molar-refractivity contribution in [1.82, 2.24) is 15.5 Å². The van der Waals surface area contributed by atoms with E-state index < -0.39 is 22.1 Å². The Morgan fingerprint density at radius 3 is 2.23 bits per heavy atom. The highest BCUT2D eigenvalue weighted by atomic mass is 32.2. The third-order valence-electron chi connectivity index (χ3n) is 8.35. The van der Waals surface area contributed by atoms with Gasteiger partial charge in [0.05, 0.1) is 11.5 Å². The SMILES string of the molecule is CCCOc1ccc(-c2noc([C@H](CC3CCCCC3)NC(=O)Nc3ccc(NS(=O)(=O)c4ccc(C(C)(C)C)cc4)cc3)n2)cc1. The van der Waals surface area contributed by atoms with E-state index in [1.54, 1.807) is 36.4 Å². The van der Waals surface area contributed by atoms with Gasteiger partial charge in [-0.1, -0.05) is 77.1 Å². The molecule has 1 aromatic heterocycles. The van der Waals surface area contributed by atoms with E-state index in [-0.39, 0.29) is 10.3 Å². The van der Waals surface area contributed by atoms with Gasteiger partial charge < -0.3 is 19.9 Å². The van der Waals surface area contributed by atoms with Crippen LogP contribution in [0, 0.1) is 5.92 Å². The molecular formula is C36H45N5O5S. The van der Waals surface area contributed by atoms with Gasteiger partial charge in [0.1, 0.15) is 11.8 Å². The van der Waals surface area contributed by atoms with Crippen LogP contribution < -0.4 is 20.1 Å². The Bertz CT molecular complexity index is 1710. The topological polar surface area (TPSA) is 135 Å². The van der Waals surface area contributed by atoms with E-state index in [0.717, 1.165) is 36.1 Å². The second-order valence-electron chi connectivity index (χ2n) is 13.2. The predicted octanol–water partition coefficient (Wildman–Crippen LogP) is 8.46. The van der Waals surface area contributed by atoms with Gasteiger partial charge in [-0.15, -0.1) is 0 Å². The molecule has 3 aromatic carbocycles. The van der Waals surface area contributed by atoms with Gasteiger partial charge >= 0.3 is 6.03 Å². The van der Waals surface area contributed by atoms with Crippen molar-refractivity contribution in [3.8, 4) is 17.1 Å². The van der Waals surface area contributed by atoms with Crippen molar-refractivity contribution in [2.45, 2.75) is 89.0 Å². The number of rotatable bonds is 12. The van der Waals surface area contributed by atoms with Gasteiger partial charge in [0.2, 0.25) is 11.7 Å². The molecule has 1 fully saturated rings. The number of hydrogen-bond donors (Lipinski definition) is 3. The number of amides is 2. The highest BCUT2D eigenvalue weighted by Crippen LogP contribution is 2.33. The fourth-order valence-corrected chi connectivity index (χ4v) is 6.75. The van der Waals surface area contributed by atoms with Gasteiger partial charge in [-0.25, -0.2) is 13.2 Å². The smallest absolute Gasteiger partial charge is 0.319 e. The molecule has 47 heavy (non-hydrogen) atoms. The Hall–Kier alpha value is -4.38. The average molecular weight is 660 g/mol. The molecule has 0 saturated heterocycles. The van der Waals surface area contributed by atoms with Crippen LogP contribution in [0.25, 0.3) is 11.4 Å². The van der Waals surface area contributed by atoms with E-state index in [4.69, 9.17) is 9.26 Å². The minimum atomic E-state index is -3.78. The van der Waals surface area contributed by atoms with Crippen molar-refractivity contribution >= 4 is 27.4 Å². The molecule has 0 aliphatic heterocycles. The molecule has 5 rings (SSSR count). The first kappa shape index (κ1) is 34.0. The molecule has 10 nitrogen and oxygen atoms in total. The molecule has 0 bridgehead atoms. The molecule has 2 amide bonds. The van der Waals surface area contributed by atoms with Crippen LogP contribution in [-0.4, -0.2) is 31.2 Å². The number of aromatic nitrogens is 2. The maximum atomic E-state index is 13.2. The number of urea groups is 1. The van der Waals surface area contributed by atoms with Crippen molar-refractivity contribution in [3.63, 3.8) is 0 Å². The molecule has 0 unspecified atom stereocenters. The summed E-state index contributed by atoms with van der Waals surface area (Å²) in [5.74, 6) is 2.02. The zero-order chi connectivity index (χ0) is 33.4. The molecule has 3 N–H and O–H groups in total.